The number of nitrogens with zero attached hydrogens (tertiary/aromatic N) is 6. The van der Waals surface area contributed by atoms with Crippen LogP contribution in [-0.2, 0) is 20.6 Å². The first-order chi connectivity index (χ1) is 29.2. The third-order valence-corrected chi connectivity index (χ3v) is 10.0. The lowest BCUT2D eigenvalue weighted by Crippen LogP contribution is -2.60. The molecule has 0 spiro atoms. The van der Waals surface area contributed by atoms with Gasteiger partial charge in [0.05, 0.1) is 38.0 Å². The molecule has 0 fully saturated rings. The number of nitrogens with two attached hydrogens (primary N) is 2. The van der Waals surface area contributed by atoms with Gasteiger partial charge < -0.3 is 25.7 Å². The first kappa shape index (κ1) is 47.9. The van der Waals surface area contributed by atoms with E-state index in [-0.39, 0.29) is 51.3 Å². The van der Waals surface area contributed by atoms with Crippen LogP contribution in [0.4, 0.5) is 43.9 Å². The SMILES string of the molecule is C#CCOc1cnc(/C(F)=C/c2ccc(F)c([C@]3(C)CO[C@@](C)(C(F)(F)F)C(N)=N3)c2)cn1.C[C@@]1(c2cc(/C=C(\F)c3cnc(Cl)cn3)ccc2F)CO[C@@](C)(C(F)(F)F)C(N)=N1. The zero-order valence-corrected chi connectivity index (χ0v) is 34.1. The molecule has 4 atom stereocenters. The lowest BCUT2D eigenvalue weighted by atomic mass is 9.88. The maximum absolute atomic E-state index is 14.7. The van der Waals surface area contributed by atoms with Crippen LogP contribution in [0, 0.1) is 24.0 Å². The third kappa shape index (κ3) is 10.2. The summed E-state index contributed by atoms with van der Waals surface area (Å²) < 4.78 is 153. The average molecular weight is 913 g/mol. The molecule has 0 bridgehead atoms. The smallest absolute Gasteiger partial charge is 0.424 e. The van der Waals surface area contributed by atoms with Crippen molar-refractivity contribution in [2.24, 2.45) is 21.5 Å². The van der Waals surface area contributed by atoms with Crippen molar-refractivity contribution in [3.8, 4) is 18.2 Å². The molecule has 0 radical (unpaired) electrons. The van der Waals surface area contributed by atoms with E-state index in [2.05, 4.69) is 35.8 Å². The second kappa shape index (κ2) is 17.9. The minimum Gasteiger partial charge on any atom is -0.463 e. The van der Waals surface area contributed by atoms with E-state index in [0.717, 1.165) is 56.7 Å². The van der Waals surface area contributed by atoms with Crippen LogP contribution in [-0.4, -0.2) is 75.0 Å². The second-order valence-corrected chi connectivity index (χ2v) is 15.0. The minimum absolute atomic E-state index is 0.0255. The van der Waals surface area contributed by atoms with E-state index in [1.807, 2.05) is 0 Å². The van der Waals surface area contributed by atoms with Gasteiger partial charge in [0.25, 0.3) is 0 Å². The van der Waals surface area contributed by atoms with Crippen LogP contribution in [0.15, 0.2) is 71.2 Å². The number of rotatable bonds is 8. The molecular weight excluding hydrogens is 878 g/mol. The first-order valence-corrected chi connectivity index (χ1v) is 18.5. The summed E-state index contributed by atoms with van der Waals surface area (Å²) in [6.45, 7) is 3.05. The molecule has 2 aromatic heterocycles. The van der Waals surface area contributed by atoms with Gasteiger partial charge in [-0.1, -0.05) is 29.7 Å². The fourth-order valence-corrected chi connectivity index (χ4v) is 5.95. The summed E-state index contributed by atoms with van der Waals surface area (Å²) in [6, 6.07) is 7.19. The number of aromatic nitrogens is 4. The molecule has 6 rings (SSSR count). The summed E-state index contributed by atoms with van der Waals surface area (Å²) in [4.78, 5) is 23.1. The number of halogens is 11. The highest BCUT2D eigenvalue weighted by molar-refractivity contribution is 6.29. The number of amidine groups is 2. The quantitative estimate of drug-likeness (QED) is 0.131. The number of aliphatic imine (C=N–C) groups is 2. The topological polar surface area (TPSA) is 156 Å². The number of alkyl halides is 6. The monoisotopic (exact) mass is 912 g/mol. The molecule has 11 nitrogen and oxygen atoms in total. The summed E-state index contributed by atoms with van der Waals surface area (Å²) in [5.41, 5.74) is 2.46. The predicted molar refractivity (Wildman–Crippen MR) is 213 cm³/mol. The molecule has 4 heterocycles. The van der Waals surface area contributed by atoms with Crippen molar-refractivity contribution >= 4 is 47.1 Å². The van der Waals surface area contributed by atoms with Gasteiger partial charge >= 0.3 is 12.4 Å². The highest BCUT2D eigenvalue weighted by Crippen LogP contribution is 2.43. The van der Waals surface area contributed by atoms with Crippen LogP contribution in [0.25, 0.3) is 23.8 Å². The number of terminal acetylenes is 1. The van der Waals surface area contributed by atoms with Crippen molar-refractivity contribution in [2.75, 3.05) is 19.8 Å². The summed E-state index contributed by atoms with van der Waals surface area (Å²) in [5, 5.41) is 0.0853. The molecule has 334 valence electrons. The van der Waals surface area contributed by atoms with Crippen LogP contribution < -0.4 is 16.2 Å². The summed E-state index contributed by atoms with van der Waals surface area (Å²) >= 11 is 5.61. The maximum Gasteiger partial charge on any atom is 0.424 e. The van der Waals surface area contributed by atoms with Gasteiger partial charge in [-0.15, -0.1) is 6.42 Å². The average Bonchev–Trinajstić information content (AvgIpc) is 3.21. The van der Waals surface area contributed by atoms with Gasteiger partial charge in [-0.2, -0.15) is 26.3 Å². The Balaban J connectivity index is 0.000000239. The highest BCUT2D eigenvalue weighted by Gasteiger charge is 2.60. The zero-order valence-electron chi connectivity index (χ0n) is 33.3. The highest BCUT2D eigenvalue weighted by atomic mass is 35.5. The maximum atomic E-state index is 14.7. The van der Waals surface area contributed by atoms with E-state index in [1.165, 1.54) is 44.3 Å². The molecule has 0 saturated carbocycles. The Morgan fingerprint density at radius 1 is 0.730 bits per heavy atom. The number of ether oxygens (including phenoxy) is 3. The van der Waals surface area contributed by atoms with E-state index in [0.29, 0.717) is 0 Å². The van der Waals surface area contributed by atoms with Crippen LogP contribution in [0.5, 0.6) is 5.88 Å². The molecule has 4 N–H and O–H groups in total. The summed E-state index contributed by atoms with van der Waals surface area (Å²) in [5.74, 6) is -2.37. The van der Waals surface area contributed by atoms with Gasteiger partial charge in [0, 0.05) is 11.1 Å². The van der Waals surface area contributed by atoms with E-state index in [9.17, 15) is 43.9 Å². The molecule has 0 saturated heterocycles. The fourth-order valence-electron chi connectivity index (χ4n) is 5.85. The molecule has 2 aliphatic rings. The van der Waals surface area contributed by atoms with Crippen molar-refractivity contribution in [3.63, 3.8) is 0 Å². The van der Waals surface area contributed by atoms with E-state index < -0.39 is 82.8 Å². The first-order valence-electron chi connectivity index (χ1n) is 18.1. The molecule has 63 heavy (non-hydrogen) atoms. The molecule has 22 heteroatoms. The number of hydrogen-bond donors (Lipinski definition) is 2. The zero-order chi connectivity index (χ0) is 46.8. The van der Waals surface area contributed by atoms with Crippen molar-refractivity contribution in [2.45, 2.75) is 62.3 Å². The fraction of sp³-hybridized carbons (Fsp3) is 0.317. The standard InChI is InChI=1S/C22H19F5N4O2.C19H16ClF5N4O/c1-4-7-32-18-11-29-17(10-30-18)16(24)9-13-5-6-15(23)14(8-13)20(2)12-33-21(3,19(28)31-20)22(25,26)27;1-17(9-30-18(2,16(26)29-17)19(23,24)25)11-5-10(3-4-12(11)21)6-13(22)14-7-28-15(20)8-27-14/h1,5-6,8-11H,7,12H2,2-3H3,(H2,28,31);3-8H,9H2,1-2H3,(H2,26,29)/b16-9-;13-6-/t20-,21+;17-,18+/m00/s1. The molecule has 2 aliphatic heterocycles. The van der Waals surface area contributed by atoms with E-state index in [1.54, 1.807) is 0 Å². The number of benzene rings is 2. The number of hydrogen-bond acceptors (Lipinski definition) is 11. The Morgan fingerprint density at radius 3 is 1.51 bits per heavy atom. The molecule has 0 amide bonds. The minimum atomic E-state index is -4.81. The largest absolute Gasteiger partial charge is 0.463 e. The van der Waals surface area contributed by atoms with Gasteiger partial charge in [0.1, 0.15) is 50.9 Å². The normalized spacial score (nSPS) is 24.3. The van der Waals surface area contributed by atoms with Crippen LogP contribution in [0.1, 0.15) is 61.3 Å². The lowest BCUT2D eigenvalue weighted by molar-refractivity contribution is -0.249. The third-order valence-electron chi connectivity index (χ3n) is 9.85. The summed E-state index contributed by atoms with van der Waals surface area (Å²) in [7, 11) is 0. The lowest BCUT2D eigenvalue weighted by Gasteiger charge is -2.41. The van der Waals surface area contributed by atoms with Crippen LogP contribution >= 0.6 is 11.6 Å². The Morgan fingerprint density at radius 2 is 1.16 bits per heavy atom. The summed E-state index contributed by atoms with van der Waals surface area (Å²) in [6.07, 6.45) is 2.20. The van der Waals surface area contributed by atoms with Crippen LogP contribution in [0.3, 0.4) is 0 Å². The second-order valence-electron chi connectivity index (χ2n) is 14.6. The molecule has 0 unspecified atom stereocenters. The predicted octanol–water partition coefficient (Wildman–Crippen LogP) is 8.68. The van der Waals surface area contributed by atoms with Gasteiger partial charge in [0.2, 0.25) is 17.1 Å². The Bertz CT molecular complexity index is 2510. The van der Waals surface area contributed by atoms with E-state index >= 15 is 0 Å². The van der Waals surface area contributed by atoms with Crippen LogP contribution in [0.2, 0.25) is 5.15 Å². The van der Waals surface area contributed by atoms with Gasteiger partial charge in [0.15, 0.2) is 18.3 Å². The van der Waals surface area contributed by atoms with Crippen molar-refractivity contribution in [3.05, 3.63) is 112 Å². The Kier molecular flexibility index (Phi) is 13.6. The molecular formula is C41H35ClF10N8O3. The van der Waals surface area contributed by atoms with Gasteiger partial charge in [-0.05, 0) is 75.2 Å². The van der Waals surface area contributed by atoms with Crippen molar-refractivity contribution < 1.29 is 58.1 Å². The Labute approximate surface area is 358 Å². The molecule has 2 aromatic carbocycles. The van der Waals surface area contributed by atoms with E-state index in [4.69, 9.17) is 43.7 Å². The Hall–Kier alpha value is -6.11. The van der Waals surface area contributed by atoms with Gasteiger partial charge in [-0.25, -0.2) is 37.5 Å². The molecule has 0 aliphatic carbocycles. The molecule has 4 aromatic rings. The van der Waals surface area contributed by atoms with Gasteiger partial charge in [-0.3, -0.25) is 9.98 Å². The van der Waals surface area contributed by atoms with Crippen molar-refractivity contribution in [1.29, 1.82) is 0 Å². The van der Waals surface area contributed by atoms with Crippen molar-refractivity contribution in [1.82, 2.24) is 19.9 Å².